The second-order valence-electron chi connectivity index (χ2n) is 16.1. The maximum atomic E-state index is 13.4. The van der Waals surface area contributed by atoms with Crippen LogP contribution in [-0.4, -0.2) is 60.6 Å². The second-order valence-corrected chi connectivity index (χ2v) is 16.1. The second kappa shape index (κ2) is 17.3. The molecule has 15 heteroatoms. The molecule has 0 bridgehead atoms. The Bertz CT molecular complexity index is 2240. The third-order valence-electron chi connectivity index (χ3n) is 8.94. The van der Waals surface area contributed by atoms with Crippen molar-refractivity contribution in [1.29, 1.82) is 0 Å². The monoisotopic (exact) mass is 788 g/mol. The van der Waals surface area contributed by atoms with Gasteiger partial charge in [-0.1, -0.05) is 0 Å². The lowest BCUT2D eigenvalue weighted by atomic mass is 10.1. The molecule has 57 heavy (non-hydrogen) atoms. The van der Waals surface area contributed by atoms with Crippen LogP contribution in [0.15, 0.2) is 48.5 Å². The van der Waals surface area contributed by atoms with Crippen LogP contribution >= 0.6 is 0 Å². The van der Waals surface area contributed by atoms with Gasteiger partial charge in [0, 0.05) is 46.9 Å². The van der Waals surface area contributed by atoms with Crippen LogP contribution in [-0.2, 0) is 35.5 Å². The SMILES string of the molecule is CC(C)(C)NC(=O)C(=O)c1cc(C(=O)O)c2n1CCC2.Cc1cc(N)ccc1F.Cc1cc(NC(=O)c2cc(C(=O)C(=O)NC(C)(C)C)n3c2CCC3)ccc1F. The molecular formula is C42H50F2N6O7. The van der Waals surface area contributed by atoms with Crippen LogP contribution in [0.4, 0.5) is 20.2 Å². The van der Waals surface area contributed by atoms with Gasteiger partial charge in [0.2, 0.25) is 0 Å². The van der Waals surface area contributed by atoms with E-state index < -0.39 is 40.4 Å². The van der Waals surface area contributed by atoms with E-state index in [-0.39, 0.29) is 34.5 Å². The van der Waals surface area contributed by atoms with Crippen LogP contribution in [0, 0.1) is 25.5 Å². The van der Waals surface area contributed by atoms with Crippen molar-refractivity contribution >= 4 is 46.6 Å². The van der Waals surface area contributed by atoms with Crippen LogP contribution in [0.1, 0.15) is 119 Å². The molecule has 0 saturated heterocycles. The Balaban J connectivity index is 0.000000215. The molecule has 4 heterocycles. The molecule has 6 rings (SSSR count). The molecule has 0 unspecified atom stereocenters. The number of ketones is 2. The Morgan fingerprint density at radius 1 is 0.667 bits per heavy atom. The number of aromatic carboxylic acids is 1. The number of rotatable bonds is 7. The zero-order chi connectivity index (χ0) is 42.6. The number of nitrogen functional groups attached to an aromatic ring is 1. The Labute approximate surface area is 330 Å². The lowest BCUT2D eigenvalue weighted by molar-refractivity contribution is -0.119. The predicted molar refractivity (Wildman–Crippen MR) is 212 cm³/mol. The van der Waals surface area contributed by atoms with Crippen LogP contribution in [0.5, 0.6) is 0 Å². The first kappa shape index (κ1) is 43.6. The number of carbonyl (C=O) groups is 6. The summed E-state index contributed by atoms with van der Waals surface area (Å²) in [6, 6.07) is 11.6. The zero-order valence-corrected chi connectivity index (χ0v) is 33.5. The average molecular weight is 789 g/mol. The van der Waals surface area contributed by atoms with Gasteiger partial charge in [-0.3, -0.25) is 24.0 Å². The van der Waals surface area contributed by atoms with E-state index in [0.717, 1.165) is 18.5 Å². The number of aryl methyl sites for hydroxylation is 2. The van der Waals surface area contributed by atoms with E-state index in [2.05, 4.69) is 16.0 Å². The van der Waals surface area contributed by atoms with Crippen molar-refractivity contribution in [3.8, 4) is 0 Å². The Hall–Kier alpha value is -6.12. The van der Waals surface area contributed by atoms with E-state index in [9.17, 15) is 37.5 Å². The predicted octanol–water partition coefficient (Wildman–Crippen LogP) is 6.18. The number of aromatic nitrogens is 2. The summed E-state index contributed by atoms with van der Waals surface area (Å²) < 4.78 is 29.3. The topological polar surface area (TPSA) is 195 Å². The molecule has 304 valence electrons. The maximum Gasteiger partial charge on any atom is 0.337 e. The molecule has 0 radical (unpaired) electrons. The average Bonchev–Trinajstić information content (AvgIpc) is 3.89. The molecule has 0 saturated carbocycles. The van der Waals surface area contributed by atoms with Gasteiger partial charge in [0.1, 0.15) is 11.6 Å². The quantitative estimate of drug-likeness (QED) is 0.0832. The first-order valence-corrected chi connectivity index (χ1v) is 18.5. The number of Topliss-reactive ketones (excluding diaryl/α,β-unsaturated/α-hetero) is 2. The first-order valence-electron chi connectivity index (χ1n) is 18.5. The van der Waals surface area contributed by atoms with E-state index in [1.54, 1.807) is 82.7 Å². The minimum atomic E-state index is -1.06. The number of carboxylic acids is 1. The summed E-state index contributed by atoms with van der Waals surface area (Å²) >= 11 is 0. The summed E-state index contributed by atoms with van der Waals surface area (Å²) in [7, 11) is 0. The van der Waals surface area contributed by atoms with E-state index >= 15 is 0 Å². The number of benzene rings is 2. The molecule has 2 aromatic heterocycles. The van der Waals surface area contributed by atoms with Gasteiger partial charge < -0.3 is 35.9 Å². The Morgan fingerprint density at radius 3 is 1.53 bits per heavy atom. The fraction of sp³-hybridized carbons (Fsp3) is 0.381. The van der Waals surface area contributed by atoms with Gasteiger partial charge in [0.25, 0.3) is 29.3 Å². The van der Waals surface area contributed by atoms with Crippen molar-refractivity contribution < 1.29 is 42.7 Å². The summed E-state index contributed by atoms with van der Waals surface area (Å²) in [5.74, 6) is -4.74. The fourth-order valence-corrected chi connectivity index (χ4v) is 6.41. The minimum Gasteiger partial charge on any atom is -0.478 e. The molecule has 6 N–H and O–H groups in total. The number of anilines is 2. The molecule has 0 aliphatic carbocycles. The highest BCUT2D eigenvalue weighted by molar-refractivity contribution is 6.43. The van der Waals surface area contributed by atoms with Crippen molar-refractivity contribution in [1.82, 2.24) is 19.8 Å². The molecule has 13 nitrogen and oxygen atoms in total. The summed E-state index contributed by atoms with van der Waals surface area (Å²) in [6.45, 7) is 15.2. The fourth-order valence-electron chi connectivity index (χ4n) is 6.41. The highest BCUT2D eigenvalue weighted by Crippen LogP contribution is 2.27. The molecular weight excluding hydrogens is 738 g/mol. The normalized spacial score (nSPS) is 12.9. The van der Waals surface area contributed by atoms with Crippen LogP contribution in [0.2, 0.25) is 0 Å². The standard InChI is InChI=1S/C21H24FN3O3.C14H18N2O4.C7H8FN/c1-12-10-13(7-8-15(12)22)23-19(27)14-11-17(25-9-5-6-16(14)25)18(26)20(28)24-21(2,3)4;1-14(2,3)15-12(18)11(17)10-7-8(13(19)20)9-5-4-6-16(9)10;1-5-4-6(9)2-3-7(5)8/h7-8,10-11H,5-6,9H2,1-4H3,(H,23,27)(H,24,28);7H,4-6H2,1-3H3,(H,15,18)(H,19,20);2-4H,9H2,1H3. The number of amides is 3. The summed E-state index contributed by atoms with van der Waals surface area (Å²) in [4.78, 5) is 73.0. The van der Waals surface area contributed by atoms with E-state index in [1.807, 2.05) is 0 Å². The number of hydrogen-bond donors (Lipinski definition) is 5. The lowest BCUT2D eigenvalue weighted by Gasteiger charge is -2.19. The van der Waals surface area contributed by atoms with E-state index in [0.29, 0.717) is 59.7 Å². The van der Waals surface area contributed by atoms with Gasteiger partial charge >= 0.3 is 5.97 Å². The van der Waals surface area contributed by atoms with Crippen LogP contribution in [0.3, 0.4) is 0 Å². The van der Waals surface area contributed by atoms with Gasteiger partial charge in [-0.2, -0.15) is 0 Å². The van der Waals surface area contributed by atoms with Gasteiger partial charge in [-0.15, -0.1) is 0 Å². The van der Waals surface area contributed by atoms with Gasteiger partial charge in [0.05, 0.1) is 22.5 Å². The third-order valence-corrected chi connectivity index (χ3v) is 8.94. The van der Waals surface area contributed by atoms with Crippen molar-refractivity contribution in [2.75, 3.05) is 11.1 Å². The molecule has 0 fully saturated rings. The summed E-state index contributed by atoms with van der Waals surface area (Å²) in [6.07, 6.45) is 2.86. The number of nitrogens with zero attached hydrogens (tertiary/aromatic N) is 2. The third kappa shape index (κ3) is 11.0. The van der Waals surface area contributed by atoms with Crippen molar-refractivity contribution in [2.45, 2.75) is 105 Å². The molecule has 2 aliphatic heterocycles. The van der Waals surface area contributed by atoms with E-state index in [1.165, 1.54) is 30.3 Å². The first-order chi connectivity index (χ1) is 26.5. The number of nitrogens with two attached hydrogens (primary N) is 1. The van der Waals surface area contributed by atoms with Gasteiger partial charge in [-0.05, 0) is 141 Å². The number of carbonyl (C=O) groups excluding carboxylic acids is 5. The molecule has 4 aromatic rings. The van der Waals surface area contributed by atoms with Gasteiger partial charge in [0.15, 0.2) is 0 Å². The number of fused-ring (bicyclic) bond motifs is 2. The molecule has 2 aliphatic rings. The van der Waals surface area contributed by atoms with Gasteiger partial charge in [-0.25, -0.2) is 13.6 Å². The zero-order valence-electron chi connectivity index (χ0n) is 33.5. The van der Waals surface area contributed by atoms with Crippen LogP contribution < -0.4 is 21.7 Å². The maximum absolute atomic E-state index is 13.4. The largest absolute Gasteiger partial charge is 0.478 e. The molecule has 2 aromatic carbocycles. The van der Waals surface area contributed by atoms with Crippen molar-refractivity contribution in [3.63, 3.8) is 0 Å². The Kier molecular flexibility index (Phi) is 13.3. The van der Waals surface area contributed by atoms with Crippen LogP contribution in [0.25, 0.3) is 0 Å². The number of carboxylic acid groups (broad SMARTS) is 1. The highest BCUT2D eigenvalue weighted by atomic mass is 19.1. The van der Waals surface area contributed by atoms with Crippen molar-refractivity contribution in [2.24, 2.45) is 0 Å². The summed E-state index contributed by atoms with van der Waals surface area (Å²) in [5, 5.41) is 17.1. The lowest BCUT2D eigenvalue weighted by Crippen LogP contribution is -2.44. The molecule has 0 atom stereocenters. The number of halogens is 2. The Morgan fingerprint density at radius 2 is 1.11 bits per heavy atom. The number of nitrogens with one attached hydrogen (secondary N) is 3. The minimum absolute atomic E-state index is 0.120. The smallest absolute Gasteiger partial charge is 0.337 e. The highest BCUT2D eigenvalue weighted by Gasteiger charge is 2.32. The molecule has 0 spiro atoms. The number of hydrogen-bond acceptors (Lipinski definition) is 7. The van der Waals surface area contributed by atoms with Crippen molar-refractivity contribution in [3.05, 3.63) is 105 Å². The summed E-state index contributed by atoms with van der Waals surface area (Å²) in [5.41, 5.74) is 8.65. The molecule has 3 amide bonds. The van der Waals surface area contributed by atoms with E-state index in [4.69, 9.17) is 10.8 Å².